The summed E-state index contributed by atoms with van der Waals surface area (Å²) < 4.78 is 9.92. The van der Waals surface area contributed by atoms with Crippen LogP contribution >= 0.6 is 0 Å². The minimum Gasteiger partial charge on any atom is -0.504 e. The number of carbonyl (C=O) groups excluding carboxylic acids is 1. The number of aliphatic carboxylic acids is 1. The number of rotatable bonds is 5. The lowest BCUT2D eigenvalue weighted by molar-refractivity contribution is -0.196. The number of carbonyl (C=O) groups is 2. The van der Waals surface area contributed by atoms with Gasteiger partial charge in [-0.3, -0.25) is 0 Å². The SMILES string of the molecule is COc1cc(C=CC(=O)O[C@@H]2C[C@@](O)(C(=O)O)C[C@@H](O)[C@H]2O)ccc1O. The molecule has 0 unspecified atom stereocenters. The lowest BCUT2D eigenvalue weighted by atomic mass is 9.79. The Balaban J connectivity index is 2.07. The molecule has 5 N–H and O–H groups in total. The number of aromatic hydroxyl groups is 1. The maximum atomic E-state index is 11.9. The van der Waals surface area contributed by atoms with Crippen molar-refractivity contribution in [3.8, 4) is 11.5 Å². The van der Waals surface area contributed by atoms with Crippen LogP contribution < -0.4 is 4.74 Å². The van der Waals surface area contributed by atoms with E-state index in [9.17, 15) is 30.0 Å². The smallest absolute Gasteiger partial charge is 0.335 e. The lowest BCUT2D eigenvalue weighted by Crippen LogP contribution is -2.57. The molecule has 4 atom stereocenters. The van der Waals surface area contributed by atoms with E-state index >= 15 is 0 Å². The van der Waals surface area contributed by atoms with Crippen LogP contribution in [0.3, 0.4) is 0 Å². The van der Waals surface area contributed by atoms with Gasteiger partial charge < -0.3 is 35.0 Å². The van der Waals surface area contributed by atoms with E-state index in [0.717, 1.165) is 6.08 Å². The second-order valence-electron chi connectivity index (χ2n) is 6.04. The first-order valence-corrected chi connectivity index (χ1v) is 7.74. The number of aliphatic hydroxyl groups is 3. The number of ether oxygens (including phenoxy) is 2. The number of esters is 1. The summed E-state index contributed by atoms with van der Waals surface area (Å²) in [5.41, 5.74) is -1.78. The molecule has 2 rings (SSSR count). The second-order valence-corrected chi connectivity index (χ2v) is 6.04. The van der Waals surface area contributed by atoms with E-state index < -0.39 is 48.7 Å². The van der Waals surface area contributed by atoms with Crippen molar-refractivity contribution >= 4 is 18.0 Å². The molecule has 0 aromatic heterocycles. The molecule has 1 fully saturated rings. The molecular formula is C17H20O9. The maximum Gasteiger partial charge on any atom is 0.335 e. The van der Waals surface area contributed by atoms with Crippen molar-refractivity contribution in [1.82, 2.24) is 0 Å². The monoisotopic (exact) mass is 368 g/mol. The second kappa shape index (κ2) is 7.73. The van der Waals surface area contributed by atoms with Crippen LogP contribution in [0.5, 0.6) is 11.5 Å². The van der Waals surface area contributed by atoms with Crippen LogP contribution in [0.1, 0.15) is 18.4 Å². The Morgan fingerprint density at radius 2 is 1.96 bits per heavy atom. The molecule has 1 aromatic rings. The first kappa shape index (κ1) is 19.7. The zero-order valence-corrected chi connectivity index (χ0v) is 13.9. The van der Waals surface area contributed by atoms with Crippen LogP contribution in [0, 0.1) is 0 Å². The summed E-state index contributed by atoms with van der Waals surface area (Å²) in [6.07, 6.45) is -3.17. The number of carboxylic acids is 1. The van der Waals surface area contributed by atoms with Crippen LogP contribution in [0.4, 0.5) is 0 Å². The average Bonchev–Trinajstić information content (AvgIpc) is 2.58. The number of hydrogen-bond acceptors (Lipinski definition) is 8. The number of benzene rings is 1. The summed E-state index contributed by atoms with van der Waals surface area (Å²) >= 11 is 0. The van der Waals surface area contributed by atoms with Crippen molar-refractivity contribution in [1.29, 1.82) is 0 Å². The fourth-order valence-electron chi connectivity index (χ4n) is 2.69. The number of aliphatic hydroxyl groups excluding tert-OH is 2. The molecule has 142 valence electrons. The number of phenolic OH excluding ortho intramolecular Hbond substituents is 1. The molecule has 1 aromatic carbocycles. The molecule has 0 spiro atoms. The summed E-state index contributed by atoms with van der Waals surface area (Å²) in [6.45, 7) is 0. The van der Waals surface area contributed by atoms with E-state index in [1.54, 1.807) is 0 Å². The number of methoxy groups -OCH3 is 1. The summed E-state index contributed by atoms with van der Waals surface area (Å²) in [5, 5.41) is 48.2. The molecule has 1 aliphatic carbocycles. The van der Waals surface area contributed by atoms with E-state index in [2.05, 4.69) is 0 Å². The fourth-order valence-corrected chi connectivity index (χ4v) is 2.69. The average molecular weight is 368 g/mol. The predicted molar refractivity (Wildman–Crippen MR) is 87.4 cm³/mol. The molecule has 0 amide bonds. The van der Waals surface area contributed by atoms with Crippen molar-refractivity contribution in [2.24, 2.45) is 0 Å². The molecule has 9 nitrogen and oxygen atoms in total. The first-order chi connectivity index (χ1) is 12.2. The summed E-state index contributed by atoms with van der Waals surface area (Å²) in [7, 11) is 1.37. The fraction of sp³-hybridized carbons (Fsp3) is 0.412. The highest BCUT2D eigenvalue weighted by Crippen LogP contribution is 2.31. The van der Waals surface area contributed by atoms with Gasteiger partial charge in [-0.25, -0.2) is 9.59 Å². The third-order valence-electron chi connectivity index (χ3n) is 4.14. The third kappa shape index (κ3) is 4.31. The summed E-state index contributed by atoms with van der Waals surface area (Å²) in [5.74, 6) is -2.34. The Bertz CT molecular complexity index is 714. The lowest BCUT2D eigenvalue weighted by Gasteiger charge is -2.39. The number of phenols is 1. The van der Waals surface area contributed by atoms with E-state index in [-0.39, 0.29) is 11.5 Å². The molecule has 0 saturated heterocycles. The van der Waals surface area contributed by atoms with Crippen molar-refractivity contribution in [2.75, 3.05) is 7.11 Å². The highest BCUT2D eigenvalue weighted by Gasteiger charge is 2.50. The van der Waals surface area contributed by atoms with Crippen LogP contribution in [0.2, 0.25) is 0 Å². The molecule has 0 heterocycles. The predicted octanol–water partition coefficient (Wildman–Crippen LogP) is -0.343. The number of hydrogen-bond donors (Lipinski definition) is 5. The van der Waals surface area contributed by atoms with Crippen LogP contribution in [-0.2, 0) is 14.3 Å². The van der Waals surface area contributed by atoms with Crippen LogP contribution in [0.15, 0.2) is 24.3 Å². The maximum absolute atomic E-state index is 11.9. The van der Waals surface area contributed by atoms with E-state index in [1.165, 1.54) is 31.4 Å². The quantitative estimate of drug-likeness (QED) is 0.347. The van der Waals surface area contributed by atoms with Crippen LogP contribution in [-0.4, -0.2) is 68.5 Å². The molecule has 0 bridgehead atoms. The van der Waals surface area contributed by atoms with Gasteiger partial charge in [0, 0.05) is 18.9 Å². The van der Waals surface area contributed by atoms with Gasteiger partial charge in [0.25, 0.3) is 0 Å². The Hall–Kier alpha value is -2.62. The van der Waals surface area contributed by atoms with E-state index in [0.29, 0.717) is 5.56 Å². The van der Waals surface area contributed by atoms with E-state index in [1.807, 2.05) is 0 Å². The Morgan fingerprint density at radius 3 is 2.58 bits per heavy atom. The summed E-state index contributed by atoms with van der Waals surface area (Å²) in [6, 6.07) is 4.36. The van der Waals surface area contributed by atoms with Gasteiger partial charge in [-0.1, -0.05) is 6.07 Å². The van der Waals surface area contributed by atoms with Gasteiger partial charge in [-0.2, -0.15) is 0 Å². The third-order valence-corrected chi connectivity index (χ3v) is 4.14. The molecule has 1 aliphatic rings. The summed E-state index contributed by atoms with van der Waals surface area (Å²) in [4.78, 5) is 23.1. The Kier molecular flexibility index (Phi) is 5.86. The Labute approximate surface area is 148 Å². The minimum absolute atomic E-state index is 0.0699. The van der Waals surface area contributed by atoms with Crippen molar-refractivity contribution in [3.05, 3.63) is 29.8 Å². The topological polar surface area (TPSA) is 154 Å². The standard InChI is InChI=1S/C17H20O9/c1-25-12-6-9(2-4-10(12)18)3-5-14(20)26-13-8-17(24,16(22)23)7-11(19)15(13)21/h2-6,11,13,15,18-19,21,24H,7-8H2,1H3,(H,22,23)/t11-,13-,15-,17-/m1/s1. The molecule has 0 radical (unpaired) electrons. The normalized spacial score (nSPS) is 28.7. The highest BCUT2D eigenvalue weighted by molar-refractivity contribution is 5.87. The molecule has 0 aliphatic heterocycles. The van der Waals surface area contributed by atoms with Gasteiger partial charge in [0.1, 0.15) is 12.2 Å². The van der Waals surface area contributed by atoms with Crippen LogP contribution in [0.25, 0.3) is 6.08 Å². The van der Waals surface area contributed by atoms with Crippen molar-refractivity contribution in [2.45, 2.75) is 36.8 Å². The molecule has 9 heteroatoms. The van der Waals surface area contributed by atoms with E-state index in [4.69, 9.17) is 14.6 Å². The van der Waals surface area contributed by atoms with Gasteiger partial charge in [0.15, 0.2) is 17.1 Å². The minimum atomic E-state index is -2.29. The van der Waals surface area contributed by atoms with Crippen molar-refractivity contribution < 1.29 is 44.6 Å². The zero-order valence-electron chi connectivity index (χ0n) is 13.9. The van der Waals surface area contributed by atoms with Gasteiger partial charge in [0.05, 0.1) is 13.2 Å². The highest BCUT2D eigenvalue weighted by atomic mass is 16.6. The number of carboxylic acid groups (broad SMARTS) is 1. The van der Waals surface area contributed by atoms with Gasteiger partial charge in [-0.05, 0) is 23.8 Å². The Morgan fingerprint density at radius 1 is 1.27 bits per heavy atom. The van der Waals surface area contributed by atoms with Gasteiger partial charge in [-0.15, -0.1) is 0 Å². The van der Waals surface area contributed by atoms with Gasteiger partial charge >= 0.3 is 11.9 Å². The largest absolute Gasteiger partial charge is 0.504 e. The zero-order chi connectivity index (χ0) is 19.5. The van der Waals surface area contributed by atoms with Crippen molar-refractivity contribution in [3.63, 3.8) is 0 Å². The molecule has 1 saturated carbocycles. The van der Waals surface area contributed by atoms with Gasteiger partial charge in [0.2, 0.25) is 0 Å². The molecular weight excluding hydrogens is 348 g/mol. The first-order valence-electron chi connectivity index (χ1n) is 7.74. The molecule has 26 heavy (non-hydrogen) atoms.